The Hall–Kier alpha value is -2.87. The van der Waals surface area contributed by atoms with Crippen LogP contribution in [0.25, 0.3) is 11.1 Å². The summed E-state index contributed by atoms with van der Waals surface area (Å²) in [5.41, 5.74) is 4.37. The van der Waals surface area contributed by atoms with Crippen LogP contribution in [0.3, 0.4) is 0 Å². The van der Waals surface area contributed by atoms with Gasteiger partial charge in [-0.3, -0.25) is 4.79 Å². The van der Waals surface area contributed by atoms with Crippen LogP contribution in [0.2, 0.25) is 0 Å². The molecule has 8 heteroatoms. The highest BCUT2D eigenvalue weighted by atomic mass is 32.2. The number of rotatable bonds is 10. The van der Waals surface area contributed by atoms with Crippen molar-refractivity contribution in [1.82, 2.24) is 10.6 Å². The zero-order valence-corrected chi connectivity index (χ0v) is 18.4. The van der Waals surface area contributed by atoms with Gasteiger partial charge in [-0.1, -0.05) is 68.3 Å². The molecule has 0 unspecified atom stereocenters. The molecule has 0 saturated carbocycles. The van der Waals surface area contributed by atoms with E-state index in [1.807, 2.05) is 55.5 Å². The number of benzene rings is 2. The number of hydrogen-bond acceptors (Lipinski definition) is 5. The number of thiol groups is 1. The summed E-state index contributed by atoms with van der Waals surface area (Å²) in [5.74, 6) is -1.11. The smallest absolute Gasteiger partial charge is 0.407 e. The van der Waals surface area contributed by atoms with Gasteiger partial charge in [0.1, 0.15) is 23.4 Å². The van der Waals surface area contributed by atoms with Gasteiger partial charge in [-0.15, -0.1) is 0 Å². The molecule has 0 spiro atoms. The maximum Gasteiger partial charge on any atom is 0.407 e. The summed E-state index contributed by atoms with van der Waals surface area (Å²) < 4.78 is 27.8. The average molecular weight is 445 g/mol. The Balaban J connectivity index is 1.62. The van der Waals surface area contributed by atoms with Crippen molar-refractivity contribution in [3.05, 3.63) is 59.7 Å². The third kappa shape index (κ3) is 5.85. The Kier molecular flexibility index (Phi) is 8.06. The highest BCUT2D eigenvalue weighted by Gasteiger charge is 2.29. The lowest BCUT2D eigenvalue weighted by Crippen LogP contribution is -2.49. The van der Waals surface area contributed by atoms with Gasteiger partial charge in [-0.05, 0) is 28.7 Å². The molecule has 0 saturated heterocycles. The molecule has 166 valence electrons. The minimum absolute atomic E-state index is 0.0915. The van der Waals surface area contributed by atoms with Crippen LogP contribution in [0.4, 0.5) is 4.79 Å². The zero-order valence-electron chi connectivity index (χ0n) is 17.5. The van der Waals surface area contributed by atoms with Crippen molar-refractivity contribution in [1.29, 1.82) is 0 Å². The third-order valence-electron chi connectivity index (χ3n) is 5.36. The van der Waals surface area contributed by atoms with Crippen molar-refractivity contribution in [2.45, 2.75) is 38.1 Å². The van der Waals surface area contributed by atoms with Crippen LogP contribution in [0.5, 0.6) is 0 Å². The molecule has 0 aliphatic heterocycles. The predicted molar refractivity (Wildman–Crippen MR) is 120 cm³/mol. The lowest BCUT2D eigenvalue weighted by atomic mass is 9.98. The van der Waals surface area contributed by atoms with Crippen LogP contribution >= 0.6 is 0 Å². The van der Waals surface area contributed by atoms with E-state index in [4.69, 9.17) is 4.74 Å². The molecule has 0 fully saturated rings. The lowest BCUT2D eigenvalue weighted by molar-refractivity contribution is -0.122. The number of unbranched alkanes of at least 4 members (excludes halogenated alkanes) is 2. The summed E-state index contributed by atoms with van der Waals surface area (Å²) in [6.45, 7) is 2.57. The van der Waals surface area contributed by atoms with Crippen LogP contribution in [-0.2, 0) is 20.2 Å². The predicted octanol–water partition coefficient (Wildman–Crippen LogP) is 2.81. The standard InChI is InChI=1S/C23H28N2O5S/c1-2-3-8-13-24-22(26)21(15-31(28)29)25-23(27)30-14-20-18-11-6-4-9-16(18)17-10-5-7-12-19(17)20/h4-7,9-12,20-21,31H,2-3,8,13-15H2,1H3,(H,24,26)(H,25,27)/t21-/m0/s1. The maximum atomic E-state index is 12.4. The first-order valence-corrected chi connectivity index (χ1v) is 11.9. The van der Waals surface area contributed by atoms with Gasteiger partial charge in [-0.25, -0.2) is 13.2 Å². The number of amides is 2. The zero-order chi connectivity index (χ0) is 22.2. The van der Waals surface area contributed by atoms with Crippen LogP contribution in [0.15, 0.2) is 48.5 Å². The van der Waals surface area contributed by atoms with E-state index in [1.165, 1.54) is 0 Å². The number of hydrogen-bond donors (Lipinski definition) is 3. The van der Waals surface area contributed by atoms with Crippen LogP contribution < -0.4 is 10.6 Å². The molecule has 2 aromatic carbocycles. The number of nitrogens with one attached hydrogen (secondary N) is 2. The van der Waals surface area contributed by atoms with E-state index in [-0.39, 0.29) is 12.5 Å². The van der Waals surface area contributed by atoms with Gasteiger partial charge >= 0.3 is 6.09 Å². The first-order chi connectivity index (χ1) is 15.0. The van der Waals surface area contributed by atoms with Crippen LogP contribution in [0.1, 0.15) is 43.2 Å². The molecule has 3 rings (SSSR count). The Morgan fingerprint density at radius 1 is 1.00 bits per heavy atom. The van der Waals surface area contributed by atoms with E-state index >= 15 is 0 Å². The minimum Gasteiger partial charge on any atom is -0.449 e. The van der Waals surface area contributed by atoms with Gasteiger partial charge in [0.05, 0.1) is 5.75 Å². The van der Waals surface area contributed by atoms with Gasteiger partial charge < -0.3 is 15.4 Å². The summed E-state index contributed by atoms with van der Waals surface area (Å²) in [5, 5.41) is 5.08. The normalized spacial score (nSPS) is 13.4. The highest BCUT2D eigenvalue weighted by Crippen LogP contribution is 2.44. The van der Waals surface area contributed by atoms with Gasteiger partial charge in [0.25, 0.3) is 0 Å². The SMILES string of the molecule is CCCCCNC(=O)[C@H](C[SH](=O)=O)NC(=O)OCC1c2ccccc2-c2ccccc21. The fraction of sp³-hybridized carbons (Fsp3) is 0.391. The van der Waals surface area contributed by atoms with Crippen molar-refractivity contribution in [2.24, 2.45) is 0 Å². The maximum absolute atomic E-state index is 12.4. The molecule has 0 heterocycles. The number of carbonyl (C=O) groups is 2. The molecule has 1 atom stereocenters. The summed E-state index contributed by atoms with van der Waals surface area (Å²) in [6.07, 6.45) is 1.95. The van der Waals surface area contributed by atoms with E-state index in [9.17, 15) is 18.0 Å². The Bertz CT molecular complexity index is 951. The molecule has 2 N–H and O–H groups in total. The molecule has 0 radical (unpaired) electrons. The monoisotopic (exact) mass is 444 g/mol. The minimum atomic E-state index is -2.84. The van der Waals surface area contributed by atoms with E-state index < -0.39 is 34.5 Å². The second-order valence-corrected chi connectivity index (χ2v) is 8.57. The molecule has 2 amide bonds. The van der Waals surface area contributed by atoms with Crippen molar-refractivity contribution in [2.75, 3.05) is 18.9 Å². The molecule has 0 aromatic heterocycles. The Morgan fingerprint density at radius 2 is 1.61 bits per heavy atom. The van der Waals surface area contributed by atoms with Gasteiger partial charge in [-0.2, -0.15) is 0 Å². The summed E-state index contributed by atoms with van der Waals surface area (Å²) in [7, 11) is -2.84. The van der Waals surface area contributed by atoms with Gasteiger partial charge in [0.15, 0.2) is 0 Å². The van der Waals surface area contributed by atoms with Crippen molar-refractivity contribution in [3.63, 3.8) is 0 Å². The fourth-order valence-electron chi connectivity index (χ4n) is 3.84. The lowest BCUT2D eigenvalue weighted by Gasteiger charge is -2.18. The third-order valence-corrected chi connectivity index (χ3v) is 6.03. The van der Waals surface area contributed by atoms with Crippen molar-refractivity contribution in [3.8, 4) is 11.1 Å². The number of ether oxygens (including phenoxy) is 1. The van der Waals surface area contributed by atoms with E-state index in [0.717, 1.165) is 41.5 Å². The topological polar surface area (TPSA) is 102 Å². The average Bonchev–Trinajstić information content (AvgIpc) is 3.08. The summed E-state index contributed by atoms with van der Waals surface area (Å²) >= 11 is 0. The Morgan fingerprint density at radius 3 is 2.19 bits per heavy atom. The quantitative estimate of drug-likeness (QED) is 0.386. The largest absolute Gasteiger partial charge is 0.449 e. The molecule has 2 aromatic rings. The fourth-order valence-corrected chi connectivity index (χ4v) is 4.39. The van der Waals surface area contributed by atoms with E-state index in [1.54, 1.807) is 0 Å². The van der Waals surface area contributed by atoms with Gasteiger partial charge in [0, 0.05) is 12.5 Å². The molecule has 1 aliphatic carbocycles. The van der Waals surface area contributed by atoms with Gasteiger partial charge in [0.2, 0.25) is 5.91 Å². The summed E-state index contributed by atoms with van der Waals surface area (Å²) in [4.78, 5) is 24.7. The molecular formula is C23H28N2O5S. The van der Waals surface area contributed by atoms with Crippen molar-refractivity contribution >= 4 is 22.7 Å². The molecule has 31 heavy (non-hydrogen) atoms. The number of fused-ring (bicyclic) bond motifs is 3. The Labute approximate surface area is 184 Å². The first kappa shape index (κ1) is 22.8. The molecule has 0 bridgehead atoms. The summed E-state index contributed by atoms with van der Waals surface area (Å²) in [6, 6.07) is 14.8. The highest BCUT2D eigenvalue weighted by molar-refractivity contribution is 7.72. The van der Waals surface area contributed by atoms with Crippen LogP contribution in [-0.4, -0.2) is 45.4 Å². The van der Waals surface area contributed by atoms with E-state index in [2.05, 4.69) is 10.6 Å². The van der Waals surface area contributed by atoms with Crippen LogP contribution in [0, 0.1) is 0 Å². The first-order valence-electron chi connectivity index (χ1n) is 10.5. The molecule has 1 aliphatic rings. The number of carbonyl (C=O) groups excluding carboxylic acids is 2. The molecular weight excluding hydrogens is 416 g/mol. The second-order valence-electron chi connectivity index (χ2n) is 7.54. The van der Waals surface area contributed by atoms with Crippen molar-refractivity contribution < 1.29 is 22.7 Å². The number of alkyl carbamates (subject to hydrolysis) is 1. The molecule has 7 nitrogen and oxygen atoms in total. The van der Waals surface area contributed by atoms with E-state index in [0.29, 0.717) is 6.54 Å². The second kappa shape index (κ2) is 10.9.